The molecule has 1 aliphatic rings. The van der Waals surface area contributed by atoms with Crippen molar-refractivity contribution in [1.29, 1.82) is 0 Å². The van der Waals surface area contributed by atoms with Crippen molar-refractivity contribution < 1.29 is 14.4 Å². The molecular formula is C17H18N4O3. The highest BCUT2D eigenvalue weighted by atomic mass is 16.2. The fourth-order valence-electron chi connectivity index (χ4n) is 2.67. The van der Waals surface area contributed by atoms with E-state index in [4.69, 9.17) is 0 Å². The Hall–Kier alpha value is -2.96. The Kier molecular flexibility index (Phi) is 4.16. The van der Waals surface area contributed by atoms with Gasteiger partial charge in [-0.25, -0.2) is 4.98 Å². The number of imide groups is 1. The molecule has 2 aromatic rings. The van der Waals surface area contributed by atoms with E-state index < -0.39 is 17.7 Å². The molecule has 1 aliphatic heterocycles. The van der Waals surface area contributed by atoms with Crippen LogP contribution in [0.25, 0.3) is 5.69 Å². The van der Waals surface area contributed by atoms with Crippen molar-refractivity contribution in [1.82, 2.24) is 14.9 Å². The maximum absolute atomic E-state index is 12.2. The van der Waals surface area contributed by atoms with Crippen molar-refractivity contribution in [2.24, 2.45) is 5.92 Å². The maximum atomic E-state index is 12.2. The van der Waals surface area contributed by atoms with E-state index in [1.165, 1.54) is 0 Å². The smallest absolute Gasteiger partial charge is 0.228 e. The summed E-state index contributed by atoms with van der Waals surface area (Å²) in [6.07, 6.45) is 1.82. The first-order valence-corrected chi connectivity index (χ1v) is 7.68. The Morgan fingerprint density at radius 2 is 1.79 bits per heavy atom. The van der Waals surface area contributed by atoms with Crippen LogP contribution in [0, 0.1) is 19.8 Å². The van der Waals surface area contributed by atoms with Crippen LogP contribution in [-0.2, 0) is 14.4 Å². The number of aromatic nitrogens is 2. The zero-order valence-electron chi connectivity index (χ0n) is 13.5. The molecule has 1 saturated heterocycles. The molecule has 0 aliphatic carbocycles. The summed E-state index contributed by atoms with van der Waals surface area (Å²) in [4.78, 5) is 39.2. The molecule has 7 nitrogen and oxygen atoms in total. The molecule has 124 valence electrons. The molecule has 3 amide bonds. The summed E-state index contributed by atoms with van der Waals surface area (Å²) >= 11 is 0. The monoisotopic (exact) mass is 326 g/mol. The largest absolute Gasteiger partial charge is 0.326 e. The summed E-state index contributed by atoms with van der Waals surface area (Å²) in [5.74, 6) is -1.76. The first-order valence-electron chi connectivity index (χ1n) is 7.68. The number of imidazole rings is 1. The molecule has 0 saturated carbocycles. The molecule has 0 atom stereocenters. The van der Waals surface area contributed by atoms with Gasteiger partial charge in [0.25, 0.3) is 0 Å². The summed E-state index contributed by atoms with van der Waals surface area (Å²) in [5.41, 5.74) is 3.58. The standard InChI is InChI=1S/C17H18N4O3/c1-10-11(2)21(9-18-10)14-5-3-13(4-6-14)19-17(24)12-7-15(22)20-16(23)8-12/h3-6,9,12H,7-8H2,1-2H3,(H,19,24)(H,20,22,23). The van der Waals surface area contributed by atoms with E-state index >= 15 is 0 Å². The Morgan fingerprint density at radius 1 is 1.17 bits per heavy atom. The van der Waals surface area contributed by atoms with Gasteiger partial charge in [0.1, 0.15) is 0 Å². The van der Waals surface area contributed by atoms with Crippen molar-refractivity contribution in [3.05, 3.63) is 42.0 Å². The summed E-state index contributed by atoms with van der Waals surface area (Å²) in [6.45, 7) is 3.94. The van der Waals surface area contributed by atoms with Crippen molar-refractivity contribution in [2.75, 3.05) is 5.32 Å². The van der Waals surface area contributed by atoms with Crippen LogP contribution in [0.3, 0.4) is 0 Å². The summed E-state index contributed by atoms with van der Waals surface area (Å²) in [5, 5.41) is 4.95. The van der Waals surface area contributed by atoms with Crippen LogP contribution in [0.15, 0.2) is 30.6 Å². The average molecular weight is 326 g/mol. The maximum Gasteiger partial charge on any atom is 0.228 e. The van der Waals surface area contributed by atoms with E-state index in [1.807, 2.05) is 30.5 Å². The molecule has 0 bridgehead atoms. The van der Waals surface area contributed by atoms with Gasteiger partial charge in [0.2, 0.25) is 17.7 Å². The number of aryl methyl sites for hydroxylation is 1. The van der Waals surface area contributed by atoms with Crippen molar-refractivity contribution >= 4 is 23.4 Å². The van der Waals surface area contributed by atoms with E-state index in [1.54, 1.807) is 18.5 Å². The van der Waals surface area contributed by atoms with Crippen LogP contribution in [0.2, 0.25) is 0 Å². The number of piperidine rings is 1. The Balaban J connectivity index is 1.70. The Labute approximate surface area is 139 Å². The van der Waals surface area contributed by atoms with E-state index in [-0.39, 0.29) is 18.7 Å². The van der Waals surface area contributed by atoms with Gasteiger partial charge in [-0.3, -0.25) is 19.7 Å². The number of nitrogens with zero attached hydrogens (tertiary/aromatic N) is 2. The average Bonchev–Trinajstić information content (AvgIpc) is 2.87. The number of carbonyl (C=O) groups is 3. The number of anilines is 1. The van der Waals surface area contributed by atoms with Crippen LogP contribution in [0.4, 0.5) is 5.69 Å². The Bertz CT molecular complexity index is 792. The number of hydrogen-bond donors (Lipinski definition) is 2. The molecule has 0 spiro atoms. The van der Waals surface area contributed by atoms with Gasteiger partial charge in [-0.1, -0.05) is 0 Å². The zero-order valence-corrected chi connectivity index (χ0v) is 13.5. The third kappa shape index (κ3) is 3.19. The van der Waals surface area contributed by atoms with Crippen molar-refractivity contribution in [2.45, 2.75) is 26.7 Å². The highest BCUT2D eigenvalue weighted by molar-refractivity contribution is 6.04. The van der Waals surface area contributed by atoms with Gasteiger partial charge in [0, 0.05) is 29.9 Å². The lowest BCUT2D eigenvalue weighted by molar-refractivity contribution is -0.138. The first kappa shape index (κ1) is 15.9. The minimum atomic E-state index is -0.621. The van der Waals surface area contributed by atoms with Gasteiger partial charge < -0.3 is 9.88 Å². The van der Waals surface area contributed by atoms with Crippen LogP contribution in [-0.4, -0.2) is 27.3 Å². The highest BCUT2D eigenvalue weighted by Crippen LogP contribution is 2.19. The lowest BCUT2D eigenvalue weighted by Gasteiger charge is -2.20. The molecule has 24 heavy (non-hydrogen) atoms. The molecule has 3 rings (SSSR count). The zero-order chi connectivity index (χ0) is 17.3. The number of rotatable bonds is 3. The molecule has 2 N–H and O–H groups in total. The summed E-state index contributed by atoms with van der Waals surface area (Å²) in [6, 6.07) is 7.32. The van der Waals surface area contributed by atoms with Crippen LogP contribution in [0.1, 0.15) is 24.2 Å². The summed E-state index contributed by atoms with van der Waals surface area (Å²) < 4.78 is 1.96. The number of amides is 3. The lowest BCUT2D eigenvalue weighted by atomic mass is 9.96. The normalized spacial score (nSPS) is 15.2. The molecule has 2 heterocycles. The van der Waals surface area contributed by atoms with Crippen LogP contribution < -0.4 is 10.6 Å². The molecule has 0 unspecified atom stereocenters. The van der Waals surface area contributed by atoms with Gasteiger partial charge in [-0.05, 0) is 38.1 Å². The number of hydrogen-bond acceptors (Lipinski definition) is 4. The molecular weight excluding hydrogens is 308 g/mol. The third-order valence-corrected chi connectivity index (χ3v) is 4.18. The fourth-order valence-corrected chi connectivity index (χ4v) is 2.67. The SMILES string of the molecule is Cc1ncn(-c2ccc(NC(=O)C3CC(=O)NC(=O)C3)cc2)c1C. The van der Waals surface area contributed by atoms with Gasteiger partial charge in [-0.2, -0.15) is 0 Å². The van der Waals surface area contributed by atoms with E-state index in [9.17, 15) is 14.4 Å². The predicted octanol–water partition coefficient (Wildman–Crippen LogP) is 1.48. The second-order valence-electron chi connectivity index (χ2n) is 5.90. The van der Waals surface area contributed by atoms with Gasteiger partial charge in [0.15, 0.2) is 0 Å². The first-order chi connectivity index (χ1) is 11.4. The topological polar surface area (TPSA) is 93.1 Å². The van der Waals surface area contributed by atoms with Crippen molar-refractivity contribution in [3.63, 3.8) is 0 Å². The lowest BCUT2D eigenvalue weighted by Crippen LogP contribution is -2.42. The molecule has 0 radical (unpaired) electrons. The second kappa shape index (κ2) is 6.27. The summed E-state index contributed by atoms with van der Waals surface area (Å²) in [7, 11) is 0. The van der Waals surface area contributed by atoms with Gasteiger partial charge >= 0.3 is 0 Å². The quantitative estimate of drug-likeness (QED) is 0.836. The molecule has 1 aromatic heterocycles. The second-order valence-corrected chi connectivity index (χ2v) is 5.90. The highest BCUT2D eigenvalue weighted by Gasteiger charge is 2.30. The van der Waals surface area contributed by atoms with Crippen LogP contribution in [0.5, 0.6) is 0 Å². The molecule has 1 fully saturated rings. The van der Waals surface area contributed by atoms with E-state index in [2.05, 4.69) is 15.6 Å². The van der Waals surface area contributed by atoms with Crippen molar-refractivity contribution in [3.8, 4) is 5.69 Å². The molecule has 7 heteroatoms. The van der Waals surface area contributed by atoms with Gasteiger partial charge in [-0.15, -0.1) is 0 Å². The fraction of sp³-hybridized carbons (Fsp3) is 0.294. The third-order valence-electron chi connectivity index (χ3n) is 4.18. The predicted molar refractivity (Wildman–Crippen MR) is 87.5 cm³/mol. The van der Waals surface area contributed by atoms with Crippen LogP contribution >= 0.6 is 0 Å². The Morgan fingerprint density at radius 3 is 2.33 bits per heavy atom. The minimum Gasteiger partial charge on any atom is -0.326 e. The van der Waals surface area contributed by atoms with E-state index in [0.717, 1.165) is 17.1 Å². The minimum absolute atomic E-state index is 0.0309. The van der Waals surface area contributed by atoms with Gasteiger partial charge in [0.05, 0.1) is 17.9 Å². The number of nitrogens with one attached hydrogen (secondary N) is 2. The number of benzene rings is 1. The van der Waals surface area contributed by atoms with E-state index in [0.29, 0.717) is 5.69 Å². The number of carbonyl (C=O) groups excluding carboxylic acids is 3. The molecule has 1 aromatic carbocycles.